The van der Waals surface area contributed by atoms with Gasteiger partial charge in [0.25, 0.3) is 0 Å². The van der Waals surface area contributed by atoms with Crippen LogP contribution in [0.2, 0.25) is 0 Å². The summed E-state index contributed by atoms with van der Waals surface area (Å²) >= 11 is 0. The van der Waals surface area contributed by atoms with Crippen LogP contribution in [-0.4, -0.2) is 11.1 Å². The highest BCUT2D eigenvalue weighted by molar-refractivity contribution is 5.68. The van der Waals surface area contributed by atoms with Gasteiger partial charge in [-0.3, -0.25) is 4.79 Å². The molecular formula is C17H19NO2. The first-order valence-corrected chi connectivity index (χ1v) is 6.71. The molecule has 3 nitrogen and oxygen atoms in total. The van der Waals surface area contributed by atoms with Gasteiger partial charge in [-0.2, -0.15) is 0 Å². The van der Waals surface area contributed by atoms with Crippen LogP contribution in [-0.2, 0) is 11.3 Å². The number of carboxylic acid groups (broad SMARTS) is 1. The van der Waals surface area contributed by atoms with Crippen molar-refractivity contribution in [2.24, 2.45) is 0 Å². The summed E-state index contributed by atoms with van der Waals surface area (Å²) in [5.41, 5.74) is 3.33. The van der Waals surface area contributed by atoms with Gasteiger partial charge in [-0.25, -0.2) is 0 Å². The summed E-state index contributed by atoms with van der Waals surface area (Å²) in [7, 11) is 0. The molecule has 2 N–H and O–H groups in total. The highest BCUT2D eigenvalue weighted by Gasteiger charge is 2.14. The molecule has 0 amide bonds. The summed E-state index contributed by atoms with van der Waals surface area (Å²) in [4.78, 5) is 11.0. The minimum atomic E-state index is -0.795. The number of carbonyl (C=O) groups is 1. The van der Waals surface area contributed by atoms with Crippen molar-refractivity contribution in [3.05, 3.63) is 71.3 Å². The molecular weight excluding hydrogens is 250 g/mol. The van der Waals surface area contributed by atoms with Crippen LogP contribution in [0.4, 0.5) is 0 Å². The molecule has 2 aromatic carbocycles. The van der Waals surface area contributed by atoms with E-state index in [1.54, 1.807) is 0 Å². The van der Waals surface area contributed by atoms with Gasteiger partial charge >= 0.3 is 5.97 Å². The number of rotatable bonds is 6. The van der Waals surface area contributed by atoms with Gasteiger partial charge in [0, 0.05) is 12.6 Å². The van der Waals surface area contributed by atoms with Gasteiger partial charge < -0.3 is 10.4 Å². The molecule has 0 spiro atoms. The molecule has 2 aromatic rings. The zero-order chi connectivity index (χ0) is 14.4. The molecule has 0 aromatic heterocycles. The summed E-state index contributed by atoms with van der Waals surface area (Å²) in [6.07, 6.45) is 0.0793. The van der Waals surface area contributed by atoms with E-state index in [9.17, 15) is 4.79 Å². The normalized spacial score (nSPS) is 12.1. The largest absolute Gasteiger partial charge is 0.481 e. The molecule has 0 saturated carbocycles. The second kappa shape index (κ2) is 6.87. The van der Waals surface area contributed by atoms with Crippen molar-refractivity contribution in [1.29, 1.82) is 0 Å². The maximum Gasteiger partial charge on any atom is 0.305 e. The fourth-order valence-corrected chi connectivity index (χ4v) is 2.12. The third kappa shape index (κ3) is 4.21. The first-order chi connectivity index (χ1) is 9.65. The lowest BCUT2D eigenvalue weighted by molar-refractivity contribution is -0.137. The summed E-state index contributed by atoms with van der Waals surface area (Å²) in [5.74, 6) is -0.795. The van der Waals surface area contributed by atoms with E-state index in [0.717, 1.165) is 11.1 Å². The predicted molar refractivity (Wildman–Crippen MR) is 79.5 cm³/mol. The number of nitrogens with one attached hydrogen (secondary N) is 1. The molecule has 0 aliphatic rings. The molecule has 0 bridgehead atoms. The number of carboxylic acids is 1. The fourth-order valence-electron chi connectivity index (χ4n) is 2.12. The van der Waals surface area contributed by atoms with Crippen LogP contribution in [0.1, 0.15) is 29.2 Å². The van der Waals surface area contributed by atoms with E-state index in [0.29, 0.717) is 6.54 Å². The van der Waals surface area contributed by atoms with Crippen LogP contribution >= 0.6 is 0 Å². The molecule has 3 heteroatoms. The van der Waals surface area contributed by atoms with Crippen molar-refractivity contribution >= 4 is 5.97 Å². The first kappa shape index (κ1) is 14.3. The number of hydrogen-bond donors (Lipinski definition) is 2. The van der Waals surface area contributed by atoms with E-state index in [1.165, 1.54) is 5.56 Å². The molecule has 0 heterocycles. The maximum atomic E-state index is 11.0. The monoisotopic (exact) mass is 269 g/mol. The van der Waals surface area contributed by atoms with Crippen molar-refractivity contribution in [2.45, 2.75) is 25.9 Å². The van der Waals surface area contributed by atoms with Gasteiger partial charge in [-0.15, -0.1) is 0 Å². The Hall–Kier alpha value is -2.13. The molecule has 104 valence electrons. The summed E-state index contributed by atoms with van der Waals surface area (Å²) < 4.78 is 0. The smallest absolute Gasteiger partial charge is 0.305 e. The van der Waals surface area contributed by atoms with Crippen molar-refractivity contribution in [2.75, 3.05) is 0 Å². The zero-order valence-corrected chi connectivity index (χ0v) is 11.5. The van der Waals surface area contributed by atoms with Crippen molar-refractivity contribution < 1.29 is 9.90 Å². The van der Waals surface area contributed by atoms with E-state index < -0.39 is 5.97 Å². The van der Waals surface area contributed by atoms with E-state index in [1.807, 2.05) is 61.5 Å². The summed E-state index contributed by atoms with van der Waals surface area (Å²) in [5, 5.41) is 12.4. The lowest BCUT2D eigenvalue weighted by Crippen LogP contribution is -2.23. The van der Waals surface area contributed by atoms with Gasteiger partial charge in [0.15, 0.2) is 0 Å². The minimum Gasteiger partial charge on any atom is -0.481 e. The van der Waals surface area contributed by atoms with E-state index in [4.69, 9.17) is 5.11 Å². The maximum absolute atomic E-state index is 11.0. The number of benzene rings is 2. The van der Waals surface area contributed by atoms with E-state index in [2.05, 4.69) is 5.32 Å². The lowest BCUT2D eigenvalue weighted by Gasteiger charge is -2.17. The standard InChI is InChI=1S/C17H19NO2/c1-13-7-9-15(10-8-13)16(11-17(19)20)18-12-14-5-3-2-4-6-14/h2-10,16,18H,11-12H2,1H3,(H,19,20)/t16-/m1/s1. The average Bonchev–Trinajstić information content (AvgIpc) is 2.45. The topological polar surface area (TPSA) is 49.3 Å². The van der Waals surface area contributed by atoms with Gasteiger partial charge in [-0.1, -0.05) is 60.2 Å². The highest BCUT2D eigenvalue weighted by atomic mass is 16.4. The second-order valence-electron chi connectivity index (χ2n) is 4.93. The van der Waals surface area contributed by atoms with Crippen LogP contribution in [0.25, 0.3) is 0 Å². The Morgan fingerprint density at radius 1 is 1.10 bits per heavy atom. The number of aliphatic carboxylic acids is 1. The number of hydrogen-bond acceptors (Lipinski definition) is 2. The average molecular weight is 269 g/mol. The molecule has 2 rings (SSSR count). The van der Waals surface area contributed by atoms with Gasteiger partial charge in [-0.05, 0) is 18.1 Å². The third-order valence-electron chi connectivity index (χ3n) is 3.25. The third-order valence-corrected chi connectivity index (χ3v) is 3.25. The molecule has 0 radical (unpaired) electrons. The lowest BCUT2D eigenvalue weighted by atomic mass is 10.0. The van der Waals surface area contributed by atoms with Crippen LogP contribution < -0.4 is 5.32 Å². The van der Waals surface area contributed by atoms with Crippen molar-refractivity contribution in [3.8, 4) is 0 Å². The quantitative estimate of drug-likeness (QED) is 0.846. The Kier molecular flexibility index (Phi) is 4.91. The Morgan fingerprint density at radius 2 is 1.75 bits per heavy atom. The van der Waals surface area contributed by atoms with Gasteiger partial charge in [0.1, 0.15) is 0 Å². The predicted octanol–water partition coefficient (Wildman–Crippen LogP) is 3.30. The molecule has 1 atom stereocenters. The Morgan fingerprint density at radius 3 is 2.35 bits per heavy atom. The summed E-state index contributed by atoms with van der Waals surface area (Å²) in [6.45, 7) is 2.68. The first-order valence-electron chi connectivity index (χ1n) is 6.71. The van der Waals surface area contributed by atoms with Crippen LogP contribution in [0, 0.1) is 6.92 Å². The fraction of sp³-hybridized carbons (Fsp3) is 0.235. The van der Waals surface area contributed by atoms with Crippen LogP contribution in [0.3, 0.4) is 0 Å². The van der Waals surface area contributed by atoms with Gasteiger partial charge in [0.2, 0.25) is 0 Å². The Balaban J connectivity index is 2.07. The molecule has 0 fully saturated rings. The molecule has 0 saturated heterocycles. The van der Waals surface area contributed by atoms with E-state index in [-0.39, 0.29) is 12.5 Å². The molecule has 0 aliphatic heterocycles. The van der Waals surface area contributed by atoms with Crippen LogP contribution in [0.15, 0.2) is 54.6 Å². The van der Waals surface area contributed by atoms with Gasteiger partial charge in [0.05, 0.1) is 6.42 Å². The van der Waals surface area contributed by atoms with Crippen molar-refractivity contribution in [3.63, 3.8) is 0 Å². The molecule has 20 heavy (non-hydrogen) atoms. The molecule has 0 unspecified atom stereocenters. The van der Waals surface area contributed by atoms with Crippen molar-refractivity contribution in [1.82, 2.24) is 5.32 Å². The Labute approximate surface area is 119 Å². The highest BCUT2D eigenvalue weighted by Crippen LogP contribution is 2.18. The van der Waals surface area contributed by atoms with Crippen LogP contribution in [0.5, 0.6) is 0 Å². The van der Waals surface area contributed by atoms with E-state index >= 15 is 0 Å². The zero-order valence-electron chi connectivity index (χ0n) is 11.5. The Bertz CT molecular complexity index is 549. The second-order valence-corrected chi connectivity index (χ2v) is 4.93. The SMILES string of the molecule is Cc1ccc([C@@H](CC(=O)O)NCc2ccccc2)cc1. The summed E-state index contributed by atoms with van der Waals surface area (Å²) in [6, 6.07) is 17.8. The molecule has 0 aliphatic carbocycles. The number of aryl methyl sites for hydroxylation is 1. The minimum absolute atomic E-state index is 0.0793.